The molecule has 4 aromatic rings. The highest BCUT2D eigenvalue weighted by molar-refractivity contribution is 7.22. The van der Waals surface area contributed by atoms with E-state index in [0.717, 1.165) is 50.9 Å². The summed E-state index contributed by atoms with van der Waals surface area (Å²) in [6.07, 6.45) is 6.77. The molecule has 0 atom stereocenters. The number of hydrogen-bond acceptors (Lipinski definition) is 6. The average Bonchev–Trinajstić information content (AvgIpc) is 3.44. The molecule has 3 heterocycles. The summed E-state index contributed by atoms with van der Waals surface area (Å²) < 4.78 is 6.90. The summed E-state index contributed by atoms with van der Waals surface area (Å²) in [5, 5.41) is 4.50. The number of likely N-dealkylation sites (tertiary alicyclic amines) is 1. The van der Waals surface area contributed by atoms with Crippen LogP contribution in [0.3, 0.4) is 0 Å². The molecule has 2 aromatic heterocycles. The zero-order valence-electron chi connectivity index (χ0n) is 17.0. The van der Waals surface area contributed by atoms with Crippen LogP contribution in [-0.4, -0.2) is 41.0 Å². The molecule has 1 N–H and O–H groups in total. The number of piperidine rings is 1. The van der Waals surface area contributed by atoms with Crippen molar-refractivity contribution in [1.82, 2.24) is 14.9 Å². The average molecular weight is 419 g/mol. The lowest BCUT2D eigenvalue weighted by Gasteiger charge is -2.26. The van der Waals surface area contributed by atoms with Gasteiger partial charge in [0.25, 0.3) is 0 Å². The number of hydrogen-bond donors (Lipinski definition) is 1. The van der Waals surface area contributed by atoms with Crippen molar-refractivity contribution in [3.05, 3.63) is 54.9 Å². The fourth-order valence-corrected chi connectivity index (χ4v) is 5.01. The van der Waals surface area contributed by atoms with E-state index >= 15 is 0 Å². The lowest BCUT2D eigenvalue weighted by atomic mass is 10.1. The van der Waals surface area contributed by atoms with Crippen molar-refractivity contribution in [3.63, 3.8) is 0 Å². The molecule has 0 spiro atoms. The summed E-state index contributed by atoms with van der Waals surface area (Å²) in [5.74, 6) is 0.799. The minimum atomic E-state index is 0.799. The van der Waals surface area contributed by atoms with Gasteiger partial charge < -0.3 is 14.6 Å². The highest BCUT2D eigenvalue weighted by Gasteiger charge is 2.14. The van der Waals surface area contributed by atoms with Crippen molar-refractivity contribution < 1.29 is 4.42 Å². The van der Waals surface area contributed by atoms with Gasteiger partial charge in [0.15, 0.2) is 17.3 Å². The van der Waals surface area contributed by atoms with Crippen LogP contribution in [-0.2, 0) is 0 Å². The zero-order valence-corrected chi connectivity index (χ0v) is 17.8. The Labute approximate surface area is 180 Å². The normalized spacial score (nSPS) is 14.9. The molecule has 6 heteroatoms. The minimum Gasteiger partial charge on any atom is -0.443 e. The lowest BCUT2D eigenvalue weighted by Crippen LogP contribution is -2.31. The predicted octanol–water partition coefficient (Wildman–Crippen LogP) is 5.91. The molecular formula is C24H26N4OS. The van der Waals surface area contributed by atoms with Gasteiger partial charge in [0.05, 0.1) is 10.2 Å². The molecule has 5 nitrogen and oxygen atoms in total. The van der Waals surface area contributed by atoms with E-state index < -0.39 is 0 Å². The van der Waals surface area contributed by atoms with Crippen LogP contribution in [0.2, 0.25) is 0 Å². The monoisotopic (exact) mass is 418 g/mol. The Kier molecular flexibility index (Phi) is 5.77. The van der Waals surface area contributed by atoms with Gasteiger partial charge in [0.1, 0.15) is 5.69 Å². The summed E-state index contributed by atoms with van der Waals surface area (Å²) in [5.41, 5.74) is 3.97. The fourth-order valence-electron chi connectivity index (χ4n) is 4.08. The van der Waals surface area contributed by atoms with Crippen LogP contribution in [0.5, 0.6) is 0 Å². The zero-order chi connectivity index (χ0) is 20.2. The first-order valence-electron chi connectivity index (χ1n) is 10.7. The molecule has 1 saturated heterocycles. The van der Waals surface area contributed by atoms with E-state index in [-0.39, 0.29) is 0 Å². The van der Waals surface area contributed by atoms with Gasteiger partial charge in [-0.15, -0.1) is 0 Å². The van der Waals surface area contributed by atoms with Crippen molar-refractivity contribution in [3.8, 4) is 22.6 Å². The van der Waals surface area contributed by atoms with Crippen LogP contribution < -0.4 is 5.32 Å². The van der Waals surface area contributed by atoms with Crippen LogP contribution in [0.15, 0.2) is 59.3 Å². The third kappa shape index (κ3) is 4.25. The molecule has 0 radical (unpaired) electrons. The van der Waals surface area contributed by atoms with Gasteiger partial charge in [0.2, 0.25) is 0 Å². The Hall–Kier alpha value is -2.70. The van der Waals surface area contributed by atoms with Crippen LogP contribution in [0.4, 0.5) is 5.13 Å². The van der Waals surface area contributed by atoms with E-state index in [9.17, 15) is 0 Å². The second-order valence-electron chi connectivity index (χ2n) is 7.78. The number of thiazole rings is 1. The first-order chi connectivity index (χ1) is 14.9. The van der Waals surface area contributed by atoms with Crippen molar-refractivity contribution in [2.75, 3.05) is 31.5 Å². The molecule has 0 aliphatic carbocycles. The first-order valence-corrected chi connectivity index (χ1v) is 11.5. The third-order valence-electron chi connectivity index (χ3n) is 5.64. The number of rotatable bonds is 7. The molecule has 1 aliphatic rings. The number of benzene rings is 2. The van der Waals surface area contributed by atoms with Gasteiger partial charge in [-0.1, -0.05) is 48.1 Å². The fraction of sp³-hybridized carbons (Fsp3) is 0.333. The molecule has 30 heavy (non-hydrogen) atoms. The third-order valence-corrected chi connectivity index (χ3v) is 6.62. The van der Waals surface area contributed by atoms with E-state index in [0.29, 0.717) is 0 Å². The van der Waals surface area contributed by atoms with Gasteiger partial charge >= 0.3 is 0 Å². The maximum Gasteiger partial charge on any atom is 0.183 e. The van der Waals surface area contributed by atoms with E-state index in [2.05, 4.69) is 45.5 Å². The van der Waals surface area contributed by atoms with Gasteiger partial charge in [-0.25, -0.2) is 9.97 Å². The number of fused-ring (bicyclic) bond motifs is 1. The van der Waals surface area contributed by atoms with Gasteiger partial charge in [-0.05, 0) is 57.1 Å². The number of oxazole rings is 1. The maximum atomic E-state index is 5.75. The summed E-state index contributed by atoms with van der Waals surface area (Å²) in [7, 11) is 0. The van der Waals surface area contributed by atoms with Gasteiger partial charge in [-0.3, -0.25) is 0 Å². The first kappa shape index (κ1) is 19.3. The number of nitrogens with zero attached hydrogens (tertiary/aromatic N) is 3. The predicted molar refractivity (Wildman–Crippen MR) is 124 cm³/mol. The van der Waals surface area contributed by atoms with E-state index in [1.807, 2.05) is 18.2 Å². The molecule has 0 amide bonds. The Morgan fingerprint density at radius 2 is 1.87 bits per heavy atom. The van der Waals surface area contributed by atoms with Crippen molar-refractivity contribution in [2.24, 2.45) is 0 Å². The second kappa shape index (κ2) is 8.98. The van der Waals surface area contributed by atoms with Gasteiger partial charge in [0, 0.05) is 17.7 Å². The van der Waals surface area contributed by atoms with Crippen LogP contribution in [0.1, 0.15) is 25.7 Å². The van der Waals surface area contributed by atoms with E-state index in [1.165, 1.54) is 45.3 Å². The van der Waals surface area contributed by atoms with Crippen LogP contribution in [0.25, 0.3) is 32.8 Å². The highest BCUT2D eigenvalue weighted by atomic mass is 32.1. The maximum absolute atomic E-state index is 5.75. The second-order valence-corrected chi connectivity index (χ2v) is 8.81. The Balaban J connectivity index is 1.27. The number of anilines is 1. The summed E-state index contributed by atoms with van der Waals surface area (Å²) in [6.45, 7) is 4.66. The quantitative estimate of drug-likeness (QED) is 0.378. The van der Waals surface area contributed by atoms with Crippen LogP contribution in [0, 0.1) is 0 Å². The topological polar surface area (TPSA) is 54.2 Å². The molecule has 5 rings (SSSR count). The number of aromatic nitrogens is 2. The highest BCUT2D eigenvalue weighted by Crippen LogP contribution is 2.35. The number of nitrogens with one attached hydrogen (secondary N) is 1. The van der Waals surface area contributed by atoms with E-state index in [1.54, 1.807) is 11.3 Å². The van der Waals surface area contributed by atoms with Crippen LogP contribution >= 0.6 is 11.3 Å². The smallest absolute Gasteiger partial charge is 0.183 e. The molecule has 2 aromatic carbocycles. The lowest BCUT2D eigenvalue weighted by molar-refractivity contribution is 0.228. The molecule has 1 fully saturated rings. The SMILES string of the molecule is c1ccc(-c2ncoc2-c2ccc3nc(NCCCN4CCCCC4)sc3c2)cc1. The molecular weight excluding hydrogens is 392 g/mol. The largest absolute Gasteiger partial charge is 0.443 e. The molecule has 1 aliphatic heterocycles. The van der Waals surface area contributed by atoms with Gasteiger partial charge in [-0.2, -0.15) is 0 Å². The molecule has 154 valence electrons. The Morgan fingerprint density at radius 1 is 1.00 bits per heavy atom. The summed E-state index contributed by atoms with van der Waals surface area (Å²) >= 11 is 1.70. The minimum absolute atomic E-state index is 0.799. The Morgan fingerprint density at radius 3 is 2.73 bits per heavy atom. The van der Waals surface area contributed by atoms with Crippen molar-refractivity contribution in [1.29, 1.82) is 0 Å². The van der Waals surface area contributed by atoms with Crippen molar-refractivity contribution >= 4 is 26.7 Å². The molecule has 0 bridgehead atoms. The summed E-state index contributed by atoms with van der Waals surface area (Å²) in [6, 6.07) is 16.4. The summed E-state index contributed by atoms with van der Waals surface area (Å²) in [4.78, 5) is 11.8. The molecule has 0 unspecified atom stereocenters. The van der Waals surface area contributed by atoms with E-state index in [4.69, 9.17) is 9.40 Å². The standard InChI is InChI=1S/C24H26N4OS/c1-3-8-18(9-4-1)22-23(29-17-26-22)19-10-11-20-21(16-19)30-24(27-20)25-12-7-15-28-13-5-2-6-14-28/h1,3-4,8-11,16-17H,2,5-7,12-15H2,(H,25,27). The Bertz CT molecular complexity index is 1100. The molecule has 0 saturated carbocycles. The van der Waals surface area contributed by atoms with Crippen molar-refractivity contribution in [2.45, 2.75) is 25.7 Å².